The van der Waals surface area contributed by atoms with Gasteiger partial charge >= 0.3 is 11.8 Å². The molecule has 1 unspecified atom stereocenters. The van der Waals surface area contributed by atoms with E-state index in [-0.39, 0.29) is 12.6 Å². The Morgan fingerprint density at radius 1 is 0.960 bits per heavy atom. The van der Waals surface area contributed by atoms with Gasteiger partial charge in [-0.1, -0.05) is 42.5 Å². The Hall–Kier alpha value is -2.86. The molecule has 0 heterocycles. The highest BCUT2D eigenvalue weighted by Crippen LogP contribution is 2.20. The van der Waals surface area contributed by atoms with Crippen molar-refractivity contribution in [2.45, 2.75) is 12.6 Å². The summed E-state index contributed by atoms with van der Waals surface area (Å²) < 4.78 is 10.6. The normalized spacial score (nSPS) is 11.4. The van der Waals surface area contributed by atoms with Crippen LogP contribution >= 0.6 is 0 Å². The van der Waals surface area contributed by atoms with Crippen molar-refractivity contribution in [3.05, 3.63) is 65.7 Å². The van der Waals surface area contributed by atoms with E-state index in [2.05, 4.69) is 10.6 Å². The van der Waals surface area contributed by atoms with Gasteiger partial charge in [-0.25, -0.2) is 0 Å². The summed E-state index contributed by atoms with van der Waals surface area (Å²) in [7, 11) is 3.13. The quantitative estimate of drug-likeness (QED) is 0.753. The second-order valence-electron chi connectivity index (χ2n) is 5.38. The lowest BCUT2D eigenvalue weighted by molar-refractivity contribution is -0.139. The smallest absolute Gasteiger partial charge is 0.309 e. The highest BCUT2D eigenvalue weighted by atomic mass is 16.5. The molecule has 2 aromatic carbocycles. The van der Waals surface area contributed by atoms with Gasteiger partial charge in [0.2, 0.25) is 0 Å². The number of ether oxygens (including phenoxy) is 2. The first-order valence-corrected chi connectivity index (χ1v) is 7.90. The van der Waals surface area contributed by atoms with E-state index in [0.717, 1.165) is 11.1 Å². The molecular weight excluding hydrogens is 320 g/mol. The minimum atomic E-state index is -0.694. The van der Waals surface area contributed by atoms with Crippen LogP contribution in [0, 0.1) is 0 Å². The summed E-state index contributed by atoms with van der Waals surface area (Å²) in [5, 5.41) is 5.18. The van der Waals surface area contributed by atoms with Gasteiger partial charge in [0.1, 0.15) is 5.75 Å². The van der Waals surface area contributed by atoms with Crippen molar-refractivity contribution >= 4 is 11.8 Å². The predicted molar refractivity (Wildman–Crippen MR) is 94.0 cm³/mol. The summed E-state index contributed by atoms with van der Waals surface area (Å²) in [5.41, 5.74) is 1.78. The minimum absolute atomic E-state index is 0.182. The van der Waals surface area contributed by atoms with Gasteiger partial charge in [-0.05, 0) is 23.3 Å². The predicted octanol–water partition coefficient (Wildman–Crippen LogP) is 1.82. The maximum Gasteiger partial charge on any atom is 0.309 e. The molecule has 0 saturated heterocycles. The van der Waals surface area contributed by atoms with Gasteiger partial charge in [0.25, 0.3) is 0 Å². The van der Waals surface area contributed by atoms with E-state index < -0.39 is 11.8 Å². The lowest BCUT2D eigenvalue weighted by atomic mass is 10.1. The third-order valence-corrected chi connectivity index (χ3v) is 3.70. The van der Waals surface area contributed by atoms with E-state index in [9.17, 15) is 9.59 Å². The van der Waals surface area contributed by atoms with Crippen molar-refractivity contribution < 1.29 is 19.1 Å². The van der Waals surface area contributed by atoms with E-state index >= 15 is 0 Å². The minimum Gasteiger partial charge on any atom is -0.497 e. The number of hydrogen-bond acceptors (Lipinski definition) is 4. The molecule has 0 aromatic heterocycles. The Morgan fingerprint density at radius 3 is 2.36 bits per heavy atom. The van der Waals surface area contributed by atoms with Crippen molar-refractivity contribution in [1.82, 2.24) is 10.6 Å². The first kappa shape index (κ1) is 18.5. The van der Waals surface area contributed by atoms with Gasteiger partial charge < -0.3 is 20.1 Å². The Kier molecular flexibility index (Phi) is 6.98. The van der Waals surface area contributed by atoms with Gasteiger partial charge in [0.05, 0.1) is 13.2 Å². The molecule has 0 aliphatic carbocycles. The van der Waals surface area contributed by atoms with Crippen molar-refractivity contribution in [3.8, 4) is 5.75 Å². The van der Waals surface area contributed by atoms with E-state index in [1.807, 2.05) is 54.6 Å². The molecular formula is C19H22N2O4. The van der Waals surface area contributed by atoms with Gasteiger partial charge in [-0.2, -0.15) is 0 Å². The third kappa shape index (κ3) is 5.61. The molecule has 1 atom stereocenters. The number of hydrogen-bond donors (Lipinski definition) is 2. The molecule has 6 heteroatoms. The zero-order valence-corrected chi connectivity index (χ0v) is 14.3. The SMILES string of the molecule is COc1cccc(C(CNC(=O)C(=O)NCc2ccccc2)OC)c1. The zero-order valence-electron chi connectivity index (χ0n) is 14.3. The molecule has 25 heavy (non-hydrogen) atoms. The van der Waals surface area contributed by atoms with Crippen molar-refractivity contribution in [2.75, 3.05) is 20.8 Å². The van der Waals surface area contributed by atoms with E-state index in [0.29, 0.717) is 12.3 Å². The van der Waals surface area contributed by atoms with Crippen LogP contribution in [-0.4, -0.2) is 32.6 Å². The Labute approximate surface area is 147 Å². The highest BCUT2D eigenvalue weighted by molar-refractivity contribution is 6.35. The van der Waals surface area contributed by atoms with E-state index in [4.69, 9.17) is 9.47 Å². The second-order valence-corrected chi connectivity index (χ2v) is 5.38. The van der Waals surface area contributed by atoms with Crippen LogP contribution in [0.5, 0.6) is 5.75 Å². The fraction of sp³-hybridized carbons (Fsp3) is 0.263. The lowest BCUT2D eigenvalue weighted by Crippen LogP contribution is -2.41. The van der Waals surface area contributed by atoms with Crippen LogP contribution in [-0.2, 0) is 20.9 Å². The number of nitrogens with one attached hydrogen (secondary N) is 2. The first-order chi connectivity index (χ1) is 12.1. The fourth-order valence-electron chi connectivity index (χ4n) is 2.30. The molecule has 2 N–H and O–H groups in total. The number of amides is 2. The summed E-state index contributed by atoms with van der Waals surface area (Å²) in [4.78, 5) is 23.8. The molecule has 0 saturated carbocycles. The van der Waals surface area contributed by atoms with Crippen LogP contribution < -0.4 is 15.4 Å². The Morgan fingerprint density at radius 2 is 1.68 bits per heavy atom. The zero-order chi connectivity index (χ0) is 18.1. The monoisotopic (exact) mass is 342 g/mol. The molecule has 0 fully saturated rings. The summed E-state index contributed by atoms with van der Waals surface area (Å²) in [6.07, 6.45) is -0.374. The third-order valence-electron chi connectivity index (χ3n) is 3.70. The number of carbonyl (C=O) groups is 2. The largest absolute Gasteiger partial charge is 0.497 e. The molecule has 0 radical (unpaired) electrons. The molecule has 0 spiro atoms. The second kappa shape index (κ2) is 9.44. The molecule has 2 rings (SSSR count). The van der Waals surface area contributed by atoms with Crippen LogP contribution in [0.4, 0.5) is 0 Å². The van der Waals surface area contributed by atoms with Crippen LogP contribution in [0.15, 0.2) is 54.6 Å². The van der Waals surface area contributed by atoms with E-state index in [1.165, 1.54) is 0 Å². The number of carbonyl (C=O) groups excluding carboxylic acids is 2. The molecule has 0 aliphatic heterocycles. The standard InChI is InChI=1S/C19H22N2O4/c1-24-16-10-6-9-15(11-16)17(25-2)13-21-19(23)18(22)20-12-14-7-4-3-5-8-14/h3-11,17H,12-13H2,1-2H3,(H,20,22)(H,21,23). The van der Waals surface area contributed by atoms with Gasteiger partial charge in [0.15, 0.2) is 0 Å². The summed E-state index contributed by atoms with van der Waals surface area (Å²) in [6.45, 7) is 0.484. The van der Waals surface area contributed by atoms with Crippen molar-refractivity contribution in [2.24, 2.45) is 0 Å². The summed E-state index contributed by atoms with van der Waals surface area (Å²) >= 11 is 0. The Bertz CT molecular complexity index is 704. The Balaban J connectivity index is 1.85. The van der Waals surface area contributed by atoms with Crippen LogP contribution in [0.1, 0.15) is 17.2 Å². The molecule has 132 valence electrons. The number of benzene rings is 2. The fourth-order valence-corrected chi connectivity index (χ4v) is 2.30. The van der Waals surface area contributed by atoms with Crippen molar-refractivity contribution in [1.29, 1.82) is 0 Å². The topological polar surface area (TPSA) is 76.7 Å². The summed E-state index contributed by atoms with van der Waals surface area (Å²) in [6, 6.07) is 16.8. The van der Waals surface area contributed by atoms with Gasteiger partial charge in [0, 0.05) is 20.2 Å². The first-order valence-electron chi connectivity index (χ1n) is 7.90. The number of rotatable bonds is 7. The maximum absolute atomic E-state index is 11.9. The van der Waals surface area contributed by atoms with Crippen LogP contribution in [0.3, 0.4) is 0 Å². The number of methoxy groups -OCH3 is 2. The van der Waals surface area contributed by atoms with E-state index in [1.54, 1.807) is 14.2 Å². The molecule has 0 aliphatic rings. The average Bonchev–Trinajstić information content (AvgIpc) is 2.67. The van der Waals surface area contributed by atoms with Crippen LogP contribution in [0.2, 0.25) is 0 Å². The highest BCUT2D eigenvalue weighted by Gasteiger charge is 2.17. The summed E-state index contributed by atoms with van der Waals surface area (Å²) in [5.74, 6) is -0.670. The maximum atomic E-state index is 11.9. The lowest BCUT2D eigenvalue weighted by Gasteiger charge is -2.17. The van der Waals surface area contributed by atoms with Crippen molar-refractivity contribution in [3.63, 3.8) is 0 Å². The van der Waals surface area contributed by atoms with Crippen LogP contribution in [0.25, 0.3) is 0 Å². The molecule has 0 bridgehead atoms. The molecule has 2 amide bonds. The molecule has 2 aromatic rings. The van der Waals surface area contributed by atoms with Gasteiger partial charge in [-0.3, -0.25) is 9.59 Å². The van der Waals surface area contributed by atoms with Gasteiger partial charge in [-0.15, -0.1) is 0 Å². The molecule has 6 nitrogen and oxygen atoms in total. The average molecular weight is 342 g/mol.